The second-order valence-electron chi connectivity index (χ2n) is 5.88. The Morgan fingerprint density at radius 3 is 2.52 bits per heavy atom. The molecule has 3 rings (SSSR count). The van der Waals surface area contributed by atoms with Crippen LogP contribution in [0.5, 0.6) is 0 Å². The van der Waals surface area contributed by atoms with E-state index >= 15 is 0 Å². The first-order chi connectivity index (χ1) is 11.1. The van der Waals surface area contributed by atoms with Gasteiger partial charge in [-0.25, -0.2) is 4.79 Å². The molecule has 0 spiro atoms. The van der Waals surface area contributed by atoms with Gasteiger partial charge in [0.2, 0.25) is 5.91 Å². The molecule has 118 valence electrons. The number of nitrogens with one attached hydrogen (secondary N) is 1. The molecule has 0 aliphatic heterocycles. The zero-order valence-electron chi connectivity index (χ0n) is 12.8. The van der Waals surface area contributed by atoms with Crippen LogP contribution in [0, 0.1) is 0 Å². The van der Waals surface area contributed by atoms with Crippen molar-refractivity contribution in [3.8, 4) is 0 Å². The van der Waals surface area contributed by atoms with E-state index in [-0.39, 0.29) is 12.3 Å². The summed E-state index contributed by atoms with van der Waals surface area (Å²) in [7, 11) is 0. The third-order valence-corrected chi connectivity index (χ3v) is 4.21. The molecule has 1 aliphatic carbocycles. The van der Waals surface area contributed by atoms with E-state index in [0.29, 0.717) is 5.56 Å². The van der Waals surface area contributed by atoms with Crippen molar-refractivity contribution in [2.45, 2.75) is 31.7 Å². The van der Waals surface area contributed by atoms with Gasteiger partial charge < -0.3 is 10.4 Å². The Balaban J connectivity index is 1.69. The van der Waals surface area contributed by atoms with Crippen molar-refractivity contribution in [2.24, 2.45) is 0 Å². The highest BCUT2D eigenvalue weighted by Gasteiger charge is 2.22. The molecule has 0 heterocycles. The van der Waals surface area contributed by atoms with Crippen LogP contribution in [0.3, 0.4) is 0 Å². The quantitative estimate of drug-likeness (QED) is 0.892. The molecule has 0 unspecified atom stereocenters. The molecule has 0 saturated carbocycles. The van der Waals surface area contributed by atoms with Crippen LogP contribution in [0.2, 0.25) is 0 Å². The van der Waals surface area contributed by atoms with Crippen LogP contribution >= 0.6 is 0 Å². The minimum absolute atomic E-state index is 0.198. The van der Waals surface area contributed by atoms with E-state index in [9.17, 15) is 14.7 Å². The third kappa shape index (κ3) is 3.59. The molecule has 2 aromatic carbocycles. The first-order valence-electron chi connectivity index (χ1n) is 7.81. The monoisotopic (exact) mass is 309 g/mol. The van der Waals surface area contributed by atoms with Crippen molar-refractivity contribution >= 4 is 11.9 Å². The van der Waals surface area contributed by atoms with Gasteiger partial charge in [0.25, 0.3) is 0 Å². The molecule has 0 bridgehead atoms. The molecule has 2 N–H and O–H groups in total. The van der Waals surface area contributed by atoms with Crippen LogP contribution in [0.1, 0.15) is 34.7 Å². The number of carboxylic acid groups (broad SMARTS) is 1. The van der Waals surface area contributed by atoms with E-state index in [0.717, 1.165) is 18.4 Å². The van der Waals surface area contributed by atoms with Gasteiger partial charge in [0, 0.05) is 0 Å². The van der Waals surface area contributed by atoms with Crippen LogP contribution in [-0.2, 0) is 28.9 Å². The maximum atomic E-state index is 12.2. The number of aryl methyl sites for hydroxylation is 2. The van der Waals surface area contributed by atoms with Crippen molar-refractivity contribution in [1.82, 2.24) is 5.32 Å². The molecule has 1 atom stereocenters. The average Bonchev–Trinajstić information content (AvgIpc) is 3.01. The van der Waals surface area contributed by atoms with Crippen molar-refractivity contribution in [3.05, 3.63) is 70.8 Å². The van der Waals surface area contributed by atoms with Crippen molar-refractivity contribution in [3.63, 3.8) is 0 Å². The molecule has 4 heteroatoms. The summed E-state index contributed by atoms with van der Waals surface area (Å²) in [6.07, 6.45) is 3.54. The molecule has 0 saturated heterocycles. The van der Waals surface area contributed by atoms with Crippen LogP contribution in [0.25, 0.3) is 0 Å². The van der Waals surface area contributed by atoms with Gasteiger partial charge in [0.1, 0.15) is 0 Å². The molecular weight excluding hydrogens is 290 g/mol. The fraction of sp³-hybridized carbons (Fsp3) is 0.263. The van der Waals surface area contributed by atoms with Gasteiger partial charge >= 0.3 is 5.97 Å². The number of benzene rings is 2. The smallest absolute Gasteiger partial charge is 0.330 e. The lowest BCUT2D eigenvalue weighted by molar-refractivity contribution is -0.141. The van der Waals surface area contributed by atoms with E-state index < -0.39 is 12.0 Å². The van der Waals surface area contributed by atoms with E-state index in [1.165, 1.54) is 17.5 Å². The summed E-state index contributed by atoms with van der Waals surface area (Å²) >= 11 is 0. The third-order valence-electron chi connectivity index (χ3n) is 4.21. The van der Waals surface area contributed by atoms with Gasteiger partial charge in [-0.05, 0) is 41.5 Å². The maximum absolute atomic E-state index is 12.2. The summed E-state index contributed by atoms with van der Waals surface area (Å²) < 4.78 is 0. The number of aliphatic carboxylic acids is 1. The SMILES string of the molecule is O=C(Cc1ccc2c(c1)CCC2)N[C@@H](C(=O)O)c1ccccc1. The summed E-state index contributed by atoms with van der Waals surface area (Å²) in [5, 5.41) is 12.0. The van der Waals surface area contributed by atoms with Crippen molar-refractivity contribution < 1.29 is 14.7 Å². The van der Waals surface area contributed by atoms with Crippen LogP contribution < -0.4 is 5.32 Å². The highest BCUT2D eigenvalue weighted by Crippen LogP contribution is 2.23. The van der Waals surface area contributed by atoms with Gasteiger partial charge in [0.05, 0.1) is 6.42 Å². The molecule has 0 fully saturated rings. The lowest BCUT2D eigenvalue weighted by atomic mass is 10.0. The van der Waals surface area contributed by atoms with E-state index in [2.05, 4.69) is 17.4 Å². The van der Waals surface area contributed by atoms with Crippen LogP contribution in [0.4, 0.5) is 0 Å². The first kappa shape index (κ1) is 15.3. The Morgan fingerprint density at radius 2 is 1.78 bits per heavy atom. The Bertz CT molecular complexity index is 725. The Morgan fingerprint density at radius 1 is 1.04 bits per heavy atom. The number of carbonyl (C=O) groups excluding carboxylic acids is 1. The van der Waals surface area contributed by atoms with Gasteiger partial charge in [-0.3, -0.25) is 4.79 Å². The minimum Gasteiger partial charge on any atom is -0.479 e. The highest BCUT2D eigenvalue weighted by atomic mass is 16.4. The zero-order chi connectivity index (χ0) is 16.2. The number of carboxylic acids is 1. The number of hydrogen-bond acceptors (Lipinski definition) is 2. The van der Waals surface area contributed by atoms with Gasteiger partial charge in [-0.2, -0.15) is 0 Å². The van der Waals surface area contributed by atoms with E-state index in [1.54, 1.807) is 24.3 Å². The first-order valence-corrected chi connectivity index (χ1v) is 7.81. The molecule has 2 aromatic rings. The fourth-order valence-electron chi connectivity index (χ4n) is 3.07. The maximum Gasteiger partial charge on any atom is 0.330 e. The van der Waals surface area contributed by atoms with Crippen LogP contribution in [0.15, 0.2) is 48.5 Å². The standard InChI is InChI=1S/C19H19NO3/c21-17(12-13-9-10-14-7-4-8-16(14)11-13)20-18(19(22)23)15-5-2-1-3-6-15/h1-3,5-6,9-11,18H,4,7-8,12H2,(H,20,21)(H,22,23)/t18-/m1/s1. The molecule has 23 heavy (non-hydrogen) atoms. The lowest BCUT2D eigenvalue weighted by Gasteiger charge is -2.15. The summed E-state index contributed by atoms with van der Waals surface area (Å²) in [5.74, 6) is -1.34. The van der Waals surface area contributed by atoms with E-state index in [4.69, 9.17) is 0 Å². The number of carbonyl (C=O) groups is 2. The summed E-state index contributed by atoms with van der Waals surface area (Å²) in [6.45, 7) is 0. The van der Waals surface area contributed by atoms with E-state index in [1.807, 2.05) is 12.1 Å². The molecule has 1 amide bonds. The Kier molecular flexibility index (Phi) is 4.42. The molecule has 4 nitrogen and oxygen atoms in total. The molecule has 0 aromatic heterocycles. The average molecular weight is 309 g/mol. The molecule has 1 aliphatic rings. The zero-order valence-corrected chi connectivity index (χ0v) is 12.8. The predicted octanol–water partition coefficient (Wildman–Crippen LogP) is 2.66. The largest absolute Gasteiger partial charge is 0.479 e. The van der Waals surface area contributed by atoms with Gasteiger partial charge in [0.15, 0.2) is 6.04 Å². The number of hydrogen-bond donors (Lipinski definition) is 2. The number of rotatable bonds is 5. The van der Waals surface area contributed by atoms with Crippen molar-refractivity contribution in [2.75, 3.05) is 0 Å². The van der Waals surface area contributed by atoms with Gasteiger partial charge in [-0.1, -0.05) is 48.5 Å². The van der Waals surface area contributed by atoms with Crippen LogP contribution in [-0.4, -0.2) is 17.0 Å². The molecular formula is C19H19NO3. The molecule has 0 radical (unpaired) electrons. The minimum atomic E-state index is -1.06. The summed E-state index contributed by atoms with van der Waals surface area (Å²) in [4.78, 5) is 23.7. The highest BCUT2D eigenvalue weighted by molar-refractivity contribution is 5.85. The Hall–Kier alpha value is -2.62. The predicted molar refractivity (Wildman–Crippen MR) is 87.1 cm³/mol. The second-order valence-corrected chi connectivity index (χ2v) is 5.88. The second kappa shape index (κ2) is 6.65. The summed E-state index contributed by atoms with van der Waals surface area (Å²) in [5.41, 5.74) is 4.18. The lowest BCUT2D eigenvalue weighted by Crippen LogP contribution is -2.34. The van der Waals surface area contributed by atoms with Crippen molar-refractivity contribution in [1.29, 1.82) is 0 Å². The fourth-order valence-corrected chi connectivity index (χ4v) is 3.07. The number of fused-ring (bicyclic) bond motifs is 1. The normalized spacial score (nSPS) is 14.1. The Labute approximate surface area is 135 Å². The van der Waals surface area contributed by atoms with Gasteiger partial charge in [-0.15, -0.1) is 0 Å². The number of amides is 1. The topological polar surface area (TPSA) is 66.4 Å². The summed E-state index contributed by atoms with van der Waals surface area (Å²) in [6, 6.07) is 13.8.